The molecule has 1 aliphatic heterocycles. The highest BCUT2D eigenvalue weighted by Gasteiger charge is 2.42. The van der Waals surface area contributed by atoms with Crippen LogP contribution < -0.4 is 4.74 Å². The smallest absolute Gasteiger partial charge is 0.273 e. The number of amides is 1. The fraction of sp³-hybridized carbons (Fsp3) is 0.156. The number of phenolic OH excluding ortho intramolecular Hbond substituents is 1. The van der Waals surface area contributed by atoms with E-state index in [1.165, 1.54) is 0 Å². The van der Waals surface area contributed by atoms with Crippen molar-refractivity contribution in [3.8, 4) is 22.8 Å². The van der Waals surface area contributed by atoms with Crippen LogP contribution in [0.25, 0.3) is 11.3 Å². The molecule has 0 spiro atoms. The molecule has 1 amide bonds. The summed E-state index contributed by atoms with van der Waals surface area (Å²) >= 11 is 0. The number of nitrogens with zero attached hydrogens (tertiary/aromatic N) is 3. The number of benzene rings is 3. The van der Waals surface area contributed by atoms with E-state index in [-0.39, 0.29) is 11.7 Å². The van der Waals surface area contributed by atoms with E-state index >= 15 is 0 Å². The number of fused-ring (bicyclic) bond motifs is 1. The van der Waals surface area contributed by atoms with Crippen molar-refractivity contribution in [2.24, 2.45) is 0 Å². The van der Waals surface area contributed by atoms with Gasteiger partial charge in [-0.1, -0.05) is 54.6 Å². The van der Waals surface area contributed by atoms with Crippen LogP contribution in [0.1, 0.15) is 49.9 Å². The average molecular weight is 517 g/mol. The molecule has 0 bridgehead atoms. The van der Waals surface area contributed by atoms with Gasteiger partial charge in [-0.2, -0.15) is 5.10 Å². The van der Waals surface area contributed by atoms with Gasteiger partial charge in [0, 0.05) is 30.1 Å². The number of aryl methyl sites for hydroxylation is 2. The largest absolute Gasteiger partial charge is 0.507 e. The van der Waals surface area contributed by atoms with Crippen molar-refractivity contribution in [1.29, 1.82) is 0 Å². The van der Waals surface area contributed by atoms with Crippen LogP contribution in [0.3, 0.4) is 0 Å². The van der Waals surface area contributed by atoms with Crippen LogP contribution in [0.4, 0.5) is 0 Å². The molecule has 3 heterocycles. The lowest BCUT2D eigenvalue weighted by Crippen LogP contribution is -2.29. The van der Waals surface area contributed by atoms with E-state index in [1.54, 1.807) is 18.5 Å². The number of pyridine rings is 1. The van der Waals surface area contributed by atoms with Crippen molar-refractivity contribution in [3.05, 3.63) is 130 Å². The number of carbonyl (C=O) groups excluding carboxylic acids is 1. The third kappa shape index (κ3) is 4.63. The predicted octanol–water partition coefficient (Wildman–Crippen LogP) is 6.12. The number of aromatic hydroxyl groups is 1. The molecule has 0 radical (unpaired) electrons. The molecule has 2 aromatic heterocycles. The summed E-state index contributed by atoms with van der Waals surface area (Å²) in [6.07, 6.45) is 3.49. The number of H-pyrrole nitrogens is 1. The third-order valence-corrected chi connectivity index (χ3v) is 7.08. The predicted molar refractivity (Wildman–Crippen MR) is 148 cm³/mol. The van der Waals surface area contributed by atoms with Crippen LogP contribution >= 0.6 is 0 Å². The second-order valence-electron chi connectivity index (χ2n) is 9.88. The monoisotopic (exact) mass is 516 g/mol. The molecule has 39 heavy (non-hydrogen) atoms. The van der Waals surface area contributed by atoms with Crippen LogP contribution in [-0.2, 0) is 13.2 Å². The second kappa shape index (κ2) is 10.1. The molecule has 0 aliphatic carbocycles. The average Bonchev–Trinajstić information content (AvgIpc) is 3.47. The number of hydrogen-bond donors (Lipinski definition) is 2. The molecular formula is C32H28N4O3. The number of phenols is 1. The number of rotatable bonds is 7. The standard InChI is InChI=1S/C32H28N4O3/c1-20-15-21(2)27(26(37)16-20)29-28-30(35-34-29)32(38)36(18-23-9-6-14-33-17-23)31(28)24-10-12-25(13-11-24)39-19-22-7-4-3-5-8-22/h3-17,31,37H,18-19H2,1-2H3,(H,34,35). The molecule has 6 rings (SSSR count). The van der Waals surface area contributed by atoms with E-state index in [4.69, 9.17) is 4.74 Å². The van der Waals surface area contributed by atoms with Gasteiger partial charge >= 0.3 is 0 Å². The molecule has 0 saturated carbocycles. The van der Waals surface area contributed by atoms with Crippen molar-refractivity contribution in [2.45, 2.75) is 33.0 Å². The Morgan fingerprint density at radius 2 is 1.74 bits per heavy atom. The summed E-state index contributed by atoms with van der Waals surface area (Å²) in [5, 5.41) is 18.4. The minimum absolute atomic E-state index is 0.142. The fourth-order valence-corrected chi connectivity index (χ4v) is 5.33. The van der Waals surface area contributed by atoms with Crippen LogP contribution in [0.15, 0.2) is 91.3 Å². The van der Waals surface area contributed by atoms with Gasteiger partial charge in [-0.15, -0.1) is 0 Å². The Balaban J connectivity index is 1.40. The molecule has 0 saturated heterocycles. The summed E-state index contributed by atoms with van der Waals surface area (Å²) in [7, 11) is 0. The van der Waals surface area contributed by atoms with E-state index < -0.39 is 6.04 Å². The summed E-state index contributed by atoms with van der Waals surface area (Å²) in [6.45, 7) is 4.73. The molecule has 7 heteroatoms. The number of carbonyl (C=O) groups is 1. The lowest BCUT2D eigenvalue weighted by molar-refractivity contribution is 0.0730. The van der Waals surface area contributed by atoms with Crippen LogP contribution in [0, 0.1) is 13.8 Å². The highest BCUT2D eigenvalue weighted by molar-refractivity contribution is 6.00. The van der Waals surface area contributed by atoms with Gasteiger partial charge in [0.2, 0.25) is 0 Å². The number of aromatic nitrogens is 3. The number of aromatic amines is 1. The Bertz CT molecular complexity index is 1610. The maximum absolute atomic E-state index is 13.7. The van der Waals surface area contributed by atoms with E-state index in [9.17, 15) is 9.90 Å². The van der Waals surface area contributed by atoms with Gasteiger partial charge in [0.1, 0.15) is 29.5 Å². The zero-order valence-corrected chi connectivity index (χ0v) is 21.8. The molecule has 2 N–H and O–H groups in total. The summed E-state index contributed by atoms with van der Waals surface area (Å²) < 4.78 is 6.00. The second-order valence-corrected chi connectivity index (χ2v) is 9.88. The maximum atomic E-state index is 13.7. The first-order valence-corrected chi connectivity index (χ1v) is 12.8. The Hall–Kier alpha value is -4.91. The Kier molecular flexibility index (Phi) is 6.32. The molecule has 1 aliphatic rings. The van der Waals surface area contributed by atoms with Gasteiger partial charge in [0.05, 0.1) is 6.04 Å². The summed E-state index contributed by atoms with van der Waals surface area (Å²) in [4.78, 5) is 19.8. The summed E-state index contributed by atoms with van der Waals surface area (Å²) in [5.41, 5.74) is 7.18. The van der Waals surface area contributed by atoms with Gasteiger partial charge in [0.25, 0.3) is 5.91 Å². The summed E-state index contributed by atoms with van der Waals surface area (Å²) in [5.74, 6) is 0.736. The lowest BCUT2D eigenvalue weighted by atomic mass is 9.93. The van der Waals surface area contributed by atoms with Gasteiger partial charge in [-0.3, -0.25) is 14.9 Å². The molecule has 0 fully saturated rings. The van der Waals surface area contributed by atoms with Crippen LogP contribution in [-0.4, -0.2) is 31.1 Å². The van der Waals surface area contributed by atoms with Gasteiger partial charge in [-0.25, -0.2) is 0 Å². The molecule has 1 atom stereocenters. The zero-order valence-electron chi connectivity index (χ0n) is 21.8. The highest BCUT2D eigenvalue weighted by atomic mass is 16.5. The van der Waals surface area contributed by atoms with Crippen molar-refractivity contribution in [2.75, 3.05) is 0 Å². The molecule has 3 aromatic carbocycles. The van der Waals surface area contributed by atoms with Crippen LogP contribution in [0.2, 0.25) is 0 Å². The first kappa shape index (κ1) is 24.4. The number of nitrogens with one attached hydrogen (secondary N) is 1. The SMILES string of the molecule is Cc1cc(C)c(-c2n[nH]c3c2C(c2ccc(OCc4ccccc4)cc2)N(Cc2cccnc2)C3=O)c(O)c1. The first-order chi connectivity index (χ1) is 19.0. The third-order valence-electron chi connectivity index (χ3n) is 7.08. The van der Waals surface area contributed by atoms with E-state index in [0.717, 1.165) is 39.1 Å². The Morgan fingerprint density at radius 3 is 2.46 bits per heavy atom. The lowest BCUT2D eigenvalue weighted by Gasteiger charge is -2.27. The molecule has 1 unspecified atom stereocenters. The van der Waals surface area contributed by atoms with Gasteiger partial charge < -0.3 is 14.7 Å². The highest BCUT2D eigenvalue weighted by Crippen LogP contribution is 2.46. The van der Waals surface area contributed by atoms with Gasteiger partial charge in [-0.05, 0) is 65.9 Å². The molecule has 5 aromatic rings. The minimum Gasteiger partial charge on any atom is -0.507 e. The molecular weight excluding hydrogens is 488 g/mol. The van der Waals surface area contributed by atoms with Crippen molar-refractivity contribution in [3.63, 3.8) is 0 Å². The Morgan fingerprint density at radius 1 is 0.974 bits per heavy atom. The normalized spacial score (nSPS) is 14.5. The topological polar surface area (TPSA) is 91.3 Å². The van der Waals surface area contributed by atoms with Crippen molar-refractivity contribution in [1.82, 2.24) is 20.1 Å². The van der Waals surface area contributed by atoms with E-state index in [0.29, 0.717) is 30.1 Å². The molecule has 7 nitrogen and oxygen atoms in total. The quantitative estimate of drug-likeness (QED) is 0.272. The van der Waals surface area contributed by atoms with Gasteiger partial charge in [0.15, 0.2) is 0 Å². The van der Waals surface area contributed by atoms with Crippen molar-refractivity contribution >= 4 is 5.91 Å². The van der Waals surface area contributed by atoms with E-state index in [1.807, 2.05) is 91.5 Å². The Labute approximate surface area is 226 Å². The summed E-state index contributed by atoms with van der Waals surface area (Å²) in [6, 6.07) is 25.0. The first-order valence-electron chi connectivity index (χ1n) is 12.8. The number of ether oxygens (including phenoxy) is 1. The number of hydrogen-bond acceptors (Lipinski definition) is 5. The minimum atomic E-state index is -0.412. The van der Waals surface area contributed by atoms with E-state index in [2.05, 4.69) is 15.2 Å². The fourth-order valence-electron chi connectivity index (χ4n) is 5.33. The maximum Gasteiger partial charge on any atom is 0.273 e. The van der Waals surface area contributed by atoms with Crippen molar-refractivity contribution < 1.29 is 14.6 Å². The van der Waals surface area contributed by atoms with Crippen LogP contribution in [0.5, 0.6) is 11.5 Å². The molecule has 194 valence electrons. The zero-order chi connectivity index (χ0) is 26.9.